The van der Waals surface area contributed by atoms with Crippen LogP contribution in [0.15, 0.2) is 65.6 Å². The van der Waals surface area contributed by atoms with Gasteiger partial charge in [0.25, 0.3) is 10.1 Å². The number of nitrogens with two attached hydrogens (primary N) is 1. The van der Waals surface area contributed by atoms with Gasteiger partial charge in [-0.1, -0.05) is 94.3 Å². The second-order valence-electron chi connectivity index (χ2n) is 12.5. The summed E-state index contributed by atoms with van der Waals surface area (Å²) in [6.07, 6.45) is 6.14. The molecular formula is C34H50N4O7S. The fraction of sp³-hybridized carbons (Fsp3) is 0.500. The molecule has 2 aromatic carbocycles. The first kappa shape index (κ1) is 38.8. The molecule has 254 valence electrons. The van der Waals surface area contributed by atoms with Gasteiger partial charge in [-0.2, -0.15) is 8.42 Å². The van der Waals surface area contributed by atoms with E-state index in [4.69, 9.17) is 10.4 Å². The Hall–Kier alpha value is -3.42. The third kappa shape index (κ3) is 10.8. The number of likely N-dealkylation sites (tertiary alicyclic amines) is 1. The number of hydrogen-bond acceptors (Lipinski definition) is 8. The van der Waals surface area contributed by atoms with Crippen LogP contribution in [0.1, 0.15) is 70.9 Å². The predicted octanol–water partition coefficient (Wildman–Crippen LogP) is 4.56. The van der Waals surface area contributed by atoms with Crippen LogP contribution in [0.25, 0.3) is 6.08 Å². The Labute approximate surface area is 273 Å². The number of nitrogens with one attached hydrogen (secondary N) is 2. The zero-order chi connectivity index (χ0) is 34.5. The van der Waals surface area contributed by atoms with Gasteiger partial charge < -0.3 is 0 Å². The van der Waals surface area contributed by atoms with E-state index in [2.05, 4.69) is 12.3 Å². The molecule has 12 heteroatoms. The summed E-state index contributed by atoms with van der Waals surface area (Å²) in [4.78, 5) is 42.6. The Balaban J connectivity index is 0.000000562. The third-order valence-electron chi connectivity index (χ3n) is 8.24. The van der Waals surface area contributed by atoms with E-state index in [1.54, 1.807) is 17.6 Å². The monoisotopic (exact) mass is 658 g/mol. The van der Waals surface area contributed by atoms with Crippen molar-refractivity contribution in [2.75, 3.05) is 13.1 Å². The van der Waals surface area contributed by atoms with Crippen molar-refractivity contribution >= 4 is 33.8 Å². The molecule has 2 aromatic rings. The molecule has 0 bridgehead atoms. The number of carbonyl (C=O) groups is 3. The van der Waals surface area contributed by atoms with Crippen molar-refractivity contribution in [1.29, 1.82) is 0 Å². The van der Waals surface area contributed by atoms with Gasteiger partial charge in [0.15, 0.2) is 5.78 Å². The van der Waals surface area contributed by atoms with E-state index >= 15 is 0 Å². The molecule has 1 aliphatic heterocycles. The maximum absolute atomic E-state index is 14.4. The van der Waals surface area contributed by atoms with E-state index in [1.807, 2.05) is 75.1 Å². The second kappa shape index (κ2) is 18.1. The molecule has 1 fully saturated rings. The first-order chi connectivity index (χ1) is 21.7. The summed E-state index contributed by atoms with van der Waals surface area (Å²) in [5, 5.41) is 9.60. The molecule has 0 spiro atoms. The predicted molar refractivity (Wildman–Crippen MR) is 178 cm³/mol. The highest BCUT2D eigenvalue weighted by atomic mass is 32.2. The number of ketones is 1. The molecule has 1 heterocycles. The molecule has 0 aliphatic carbocycles. The minimum absolute atomic E-state index is 0.0593. The number of hydroxylamine groups is 1. The second-order valence-corrected chi connectivity index (χ2v) is 13.9. The summed E-state index contributed by atoms with van der Waals surface area (Å²) in [7, 11) is -4.02. The highest BCUT2D eigenvalue weighted by Gasteiger charge is 2.52. The summed E-state index contributed by atoms with van der Waals surface area (Å²) in [5.41, 5.74) is 4.58. The Morgan fingerprint density at radius 2 is 1.74 bits per heavy atom. The largest absolute Gasteiger partial charge is 0.297 e. The minimum Gasteiger partial charge on any atom is -0.297 e. The van der Waals surface area contributed by atoms with Crippen molar-refractivity contribution in [1.82, 2.24) is 15.8 Å². The van der Waals surface area contributed by atoms with Crippen LogP contribution in [0.2, 0.25) is 0 Å². The molecule has 0 radical (unpaired) electrons. The first-order valence-electron chi connectivity index (χ1n) is 15.7. The SMILES string of the molecule is CCCC(CC(C)C)(C(=O)NN)C(=O)[C@@H]([C@H](C/C=C/c1ccccc1)C(=O)NO)N1CCC(C)C1.Cc1ccc(S(=O)(=O)O)cc1. The summed E-state index contributed by atoms with van der Waals surface area (Å²) >= 11 is 0. The topological polar surface area (TPSA) is 179 Å². The van der Waals surface area contributed by atoms with Gasteiger partial charge in [0.2, 0.25) is 11.8 Å². The molecule has 0 saturated carbocycles. The molecule has 46 heavy (non-hydrogen) atoms. The number of carbonyl (C=O) groups excluding carboxylic acids is 3. The van der Waals surface area contributed by atoms with Gasteiger partial charge in [-0.3, -0.25) is 34.5 Å². The molecular weight excluding hydrogens is 608 g/mol. The zero-order valence-electron chi connectivity index (χ0n) is 27.5. The van der Waals surface area contributed by atoms with Crippen molar-refractivity contribution in [3.8, 4) is 0 Å². The van der Waals surface area contributed by atoms with Crippen molar-refractivity contribution in [2.45, 2.75) is 77.7 Å². The fourth-order valence-corrected chi connectivity index (χ4v) is 6.58. The average Bonchev–Trinajstić information content (AvgIpc) is 3.45. The number of rotatable bonds is 14. The van der Waals surface area contributed by atoms with Crippen LogP contribution in [0, 0.1) is 30.1 Å². The quantitative estimate of drug-likeness (QED) is 0.0486. The van der Waals surface area contributed by atoms with E-state index < -0.39 is 39.3 Å². The summed E-state index contributed by atoms with van der Waals surface area (Å²) < 4.78 is 29.6. The smallest absolute Gasteiger partial charge is 0.294 e. The lowest BCUT2D eigenvalue weighted by atomic mass is 9.68. The third-order valence-corrected chi connectivity index (χ3v) is 9.10. The van der Waals surface area contributed by atoms with Crippen LogP contribution in [0.5, 0.6) is 0 Å². The van der Waals surface area contributed by atoms with Gasteiger partial charge in [0, 0.05) is 6.54 Å². The van der Waals surface area contributed by atoms with Crippen molar-refractivity contribution < 1.29 is 32.6 Å². The van der Waals surface area contributed by atoms with Crippen LogP contribution in [-0.2, 0) is 24.5 Å². The van der Waals surface area contributed by atoms with Gasteiger partial charge in [-0.15, -0.1) is 0 Å². The molecule has 2 amide bonds. The van der Waals surface area contributed by atoms with Crippen LogP contribution < -0.4 is 16.7 Å². The number of amides is 2. The summed E-state index contributed by atoms with van der Waals surface area (Å²) in [5.74, 6) is 3.69. The fourth-order valence-electron chi connectivity index (χ4n) is 6.10. The zero-order valence-corrected chi connectivity index (χ0v) is 28.3. The van der Waals surface area contributed by atoms with Crippen LogP contribution >= 0.6 is 0 Å². The number of hydrogen-bond donors (Lipinski definition) is 5. The van der Waals surface area contributed by atoms with Crippen molar-refractivity contribution in [3.63, 3.8) is 0 Å². The lowest BCUT2D eigenvalue weighted by Crippen LogP contribution is -2.59. The maximum atomic E-state index is 14.4. The first-order valence-corrected chi connectivity index (χ1v) is 17.1. The van der Waals surface area contributed by atoms with E-state index in [1.165, 1.54) is 12.1 Å². The molecule has 3 rings (SSSR count). The molecule has 2 unspecified atom stereocenters. The normalized spacial score (nSPS) is 17.9. The van der Waals surface area contributed by atoms with Gasteiger partial charge in [0.05, 0.1) is 16.9 Å². The van der Waals surface area contributed by atoms with E-state index in [0.717, 1.165) is 17.5 Å². The number of allylic oxidation sites excluding steroid dienone is 1. The molecule has 1 aliphatic rings. The van der Waals surface area contributed by atoms with Gasteiger partial charge >= 0.3 is 0 Å². The van der Waals surface area contributed by atoms with Crippen LogP contribution in [0.3, 0.4) is 0 Å². The number of nitrogens with zero attached hydrogens (tertiary/aromatic N) is 1. The molecule has 6 N–H and O–H groups in total. The lowest BCUT2D eigenvalue weighted by Gasteiger charge is -2.40. The maximum Gasteiger partial charge on any atom is 0.294 e. The van der Waals surface area contributed by atoms with Crippen molar-refractivity contribution in [3.05, 3.63) is 71.8 Å². The minimum atomic E-state index is -4.02. The van der Waals surface area contributed by atoms with Gasteiger partial charge in [0.1, 0.15) is 5.41 Å². The Kier molecular flexibility index (Phi) is 15.2. The highest BCUT2D eigenvalue weighted by molar-refractivity contribution is 7.85. The Morgan fingerprint density at radius 3 is 2.22 bits per heavy atom. The molecule has 1 saturated heterocycles. The number of aryl methyl sites for hydroxylation is 1. The molecule has 4 atom stereocenters. The van der Waals surface area contributed by atoms with Crippen LogP contribution in [0.4, 0.5) is 0 Å². The number of hydrazine groups is 1. The van der Waals surface area contributed by atoms with E-state index in [-0.39, 0.29) is 23.0 Å². The van der Waals surface area contributed by atoms with Crippen LogP contribution in [-0.4, -0.2) is 59.8 Å². The van der Waals surface area contributed by atoms with Gasteiger partial charge in [-0.25, -0.2) is 11.3 Å². The number of benzene rings is 2. The Morgan fingerprint density at radius 1 is 1.11 bits per heavy atom. The van der Waals surface area contributed by atoms with Gasteiger partial charge in [-0.05, 0) is 68.7 Å². The van der Waals surface area contributed by atoms with E-state index in [9.17, 15) is 28.0 Å². The number of Topliss-reactive ketones (excluding diaryl/α,β-unsaturated/α-hetero) is 1. The summed E-state index contributed by atoms with van der Waals surface area (Å²) in [6, 6.07) is 14.8. The molecule has 0 aromatic heterocycles. The standard InChI is InChI=1S/C27H42N4O4.C7H8O3S/c1-5-15-27(17-19(2)3,26(34)29-28)24(32)23(31-16-14-20(4)18-31)22(25(33)30-35)13-9-12-21-10-7-6-8-11-21;1-6-2-4-7(5-3-6)11(8,9)10/h6-12,19-20,22-23,35H,5,13-18,28H2,1-4H3,(H,29,34)(H,30,33);2-5H,1H3,(H,8,9,10)/b12-9+;/t20?,22-,23+,27?;/m0./s1. The average molecular weight is 659 g/mol. The summed E-state index contributed by atoms with van der Waals surface area (Å²) in [6.45, 7) is 11.1. The van der Waals surface area contributed by atoms with Crippen molar-refractivity contribution in [2.24, 2.45) is 29.0 Å². The molecule has 11 nitrogen and oxygen atoms in total. The van der Waals surface area contributed by atoms with E-state index in [0.29, 0.717) is 38.3 Å². The highest BCUT2D eigenvalue weighted by Crippen LogP contribution is 2.39. The lowest BCUT2D eigenvalue weighted by molar-refractivity contribution is -0.152. The Bertz CT molecular complexity index is 1410.